The van der Waals surface area contributed by atoms with Crippen LogP contribution in [0, 0.1) is 0 Å². The first-order valence-corrected chi connectivity index (χ1v) is 14.7. The topological polar surface area (TPSA) is 72.5 Å². The summed E-state index contributed by atoms with van der Waals surface area (Å²) in [6.07, 6.45) is 20.1. The molecule has 0 fully saturated rings. The van der Waals surface area contributed by atoms with E-state index in [1.54, 1.807) is 0 Å². The van der Waals surface area contributed by atoms with E-state index in [0.717, 1.165) is 57.8 Å². The molecule has 0 aromatic rings. The van der Waals surface area contributed by atoms with Gasteiger partial charge in [-0.15, -0.1) is 14.0 Å². The second-order valence-corrected chi connectivity index (χ2v) is 9.78. The average molecular weight is 483 g/mol. The molecule has 0 radical (unpaired) electrons. The minimum Gasteiger partial charge on any atom is -0.226 e. The Labute approximate surface area is 197 Å². The van der Waals surface area contributed by atoms with Crippen molar-refractivity contribution in [3.8, 4) is 0 Å². The Bertz CT molecular complexity index is 353. The van der Waals surface area contributed by atoms with E-state index >= 15 is 0 Å². The summed E-state index contributed by atoms with van der Waals surface area (Å²) in [5.74, 6) is 0. The molecule has 0 unspecified atom stereocenters. The van der Waals surface area contributed by atoms with Gasteiger partial charge in [-0.3, -0.25) is 0 Å². The predicted octanol–water partition coefficient (Wildman–Crippen LogP) is 9.02. The number of hydrogen-bond acceptors (Lipinski definition) is 7. The number of hydrogen-bond donors (Lipinski definition) is 0. The van der Waals surface area contributed by atoms with Crippen LogP contribution in [0.2, 0.25) is 0 Å². The van der Waals surface area contributed by atoms with E-state index in [4.69, 9.17) is 28.7 Å². The maximum absolute atomic E-state index is 12.7. The number of phosphoric acid groups is 1. The number of rotatable bonds is 27. The number of unbranched alkanes of at least 4 members (excludes halogenated alkanes) is 15. The summed E-state index contributed by atoms with van der Waals surface area (Å²) in [6.45, 7) is 7.53. The maximum atomic E-state index is 12.7. The fourth-order valence-corrected chi connectivity index (χ4v) is 3.85. The lowest BCUT2D eigenvalue weighted by Gasteiger charge is -2.14. The van der Waals surface area contributed by atoms with Crippen LogP contribution in [0.5, 0.6) is 0 Å². The van der Waals surface area contributed by atoms with Gasteiger partial charge in [-0.2, -0.15) is 0 Å². The third-order valence-electron chi connectivity index (χ3n) is 5.18. The Balaban J connectivity index is 4.06. The highest BCUT2D eigenvalue weighted by Gasteiger charge is 2.32. The van der Waals surface area contributed by atoms with Crippen molar-refractivity contribution >= 4 is 7.82 Å². The van der Waals surface area contributed by atoms with Gasteiger partial charge in [-0.05, 0) is 19.3 Å². The summed E-state index contributed by atoms with van der Waals surface area (Å²) in [7, 11) is -4.08. The van der Waals surface area contributed by atoms with Crippen molar-refractivity contribution in [2.24, 2.45) is 0 Å². The van der Waals surface area contributed by atoms with E-state index in [9.17, 15) is 4.57 Å². The van der Waals surface area contributed by atoms with Gasteiger partial charge in [0.2, 0.25) is 0 Å². The molecule has 0 aromatic heterocycles. The second-order valence-electron chi connectivity index (χ2n) is 8.44. The summed E-state index contributed by atoms with van der Waals surface area (Å²) in [6, 6.07) is 0. The van der Waals surface area contributed by atoms with Crippen LogP contribution in [0.3, 0.4) is 0 Å². The van der Waals surface area contributed by atoms with Gasteiger partial charge in [0.15, 0.2) is 0 Å². The van der Waals surface area contributed by atoms with Crippen LogP contribution >= 0.6 is 7.82 Å². The van der Waals surface area contributed by atoms with Gasteiger partial charge in [-0.25, -0.2) is 19.2 Å². The Morgan fingerprint density at radius 3 is 0.938 bits per heavy atom. The molecular weight excluding hydrogens is 431 g/mol. The molecule has 32 heavy (non-hydrogen) atoms. The largest absolute Gasteiger partial charge is 0.556 e. The minimum absolute atomic E-state index is 0.317. The summed E-state index contributed by atoms with van der Waals surface area (Å²) in [4.78, 5) is 15.2. The summed E-state index contributed by atoms with van der Waals surface area (Å²) in [5.41, 5.74) is 0. The molecule has 0 saturated carbocycles. The van der Waals surface area contributed by atoms with Crippen molar-refractivity contribution in [1.82, 2.24) is 0 Å². The fourth-order valence-electron chi connectivity index (χ4n) is 3.17. The first-order chi connectivity index (χ1) is 15.7. The molecule has 0 aliphatic carbocycles. The van der Waals surface area contributed by atoms with Crippen molar-refractivity contribution in [3.63, 3.8) is 0 Å². The van der Waals surface area contributed by atoms with E-state index < -0.39 is 7.82 Å². The molecule has 0 rings (SSSR count). The van der Waals surface area contributed by atoms with E-state index in [2.05, 4.69) is 20.8 Å². The van der Waals surface area contributed by atoms with Gasteiger partial charge in [0.25, 0.3) is 0 Å². The molecule has 194 valence electrons. The van der Waals surface area contributed by atoms with E-state index in [0.29, 0.717) is 19.8 Å². The van der Waals surface area contributed by atoms with Crippen molar-refractivity contribution in [2.75, 3.05) is 19.8 Å². The highest BCUT2D eigenvalue weighted by Crippen LogP contribution is 2.50. The second kappa shape index (κ2) is 25.6. The first kappa shape index (κ1) is 32.0. The SMILES string of the molecule is CCCCCCCCOOP(=O)(OOCCCCCCCC)OOCCCCCCCC. The van der Waals surface area contributed by atoms with Gasteiger partial charge >= 0.3 is 7.82 Å². The normalized spacial score (nSPS) is 12.0. The molecule has 0 aliphatic heterocycles. The minimum atomic E-state index is -4.08. The fraction of sp³-hybridized carbons (Fsp3) is 1.00. The molecule has 0 bridgehead atoms. The summed E-state index contributed by atoms with van der Waals surface area (Å²) >= 11 is 0. The Morgan fingerprint density at radius 1 is 0.406 bits per heavy atom. The average Bonchev–Trinajstić information content (AvgIpc) is 2.79. The van der Waals surface area contributed by atoms with E-state index in [1.165, 1.54) is 57.8 Å². The standard InChI is InChI=1S/C24H51O7P/c1-4-7-10-13-16-19-22-26-29-32(25,30-27-23-20-17-14-11-8-5-2)31-28-24-21-18-15-12-9-6-3/h4-24H2,1-3H3. The molecule has 7 nitrogen and oxygen atoms in total. The maximum Gasteiger partial charge on any atom is 0.556 e. The van der Waals surface area contributed by atoms with Gasteiger partial charge in [0.1, 0.15) is 0 Å². The van der Waals surface area contributed by atoms with Crippen molar-refractivity contribution in [3.05, 3.63) is 0 Å². The zero-order valence-corrected chi connectivity index (χ0v) is 22.0. The van der Waals surface area contributed by atoms with Crippen molar-refractivity contribution < 1.29 is 33.3 Å². The van der Waals surface area contributed by atoms with Crippen LogP contribution in [-0.4, -0.2) is 19.8 Å². The first-order valence-electron chi connectivity index (χ1n) is 13.2. The smallest absolute Gasteiger partial charge is 0.226 e. The van der Waals surface area contributed by atoms with E-state index in [-0.39, 0.29) is 0 Å². The van der Waals surface area contributed by atoms with Crippen molar-refractivity contribution in [1.29, 1.82) is 0 Å². The Morgan fingerprint density at radius 2 is 0.656 bits per heavy atom. The van der Waals surface area contributed by atoms with Crippen LogP contribution in [0.15, 0.2) is 0 Å². The lowest BCUT2D eigenvalue weighted by atomic mass is 10.1. The van der Waals surface area contributed by atoms with Crippen LogP contribution < -0.4 is 0 Å². The van der Waals surface area contributed by atoms with Gasteiger partial charge < -0.3 is 0 Å². The molecule has 0 saturated heterocycles. The Kier molecular flexibility index (Phi) is 25.6. The molecule has 0 heterocycles. The monoisotopic (exact) mass is 482 g/mol. The van der Waals surface area contributed by atoms with Crippen LogP contribution in [0.4, 0.5) is 0 Å². The molecule has 8 heteroatoms. The highest BCUT2D eigenvalue weighted by molar-refractivity contribution is 7.48. The summed E-state index contributed by atoms with van der Waals surface area (Å²) < 4.78 is 27.5. The third-order valence-corrected chi connectivity index (χ3v) is 6.04. The quantitative estimate of drug-likeness (QED) is 0.0500. The highest BCUT2D eigenvalue weighted by atomic mass is 31.2. The molecule has 0 atom stereocenters. The van der Waals surface area contributed by atoms with Crippen LogP contribution in [0.1, 0.15) is 136 Å². The molecular formula is C24H51O7P. The third kappa shape index (κ3) is 23.2. The van der Waals surface area contributed by atoms with Crippen molar-refractivity contribution in [2.45, 2.75) is 136 Å². The van der Waals surface area contributed by atoms with Crippen LogP contribution in [0.25, 0.3) is 0 Å². The molecule has 0 amide bonds. The lowest BCUT2D eigenvalue weighted by Crippen LogP contribution is -2.06. The Hall–Kier alpha value is -0.0100. The summed E-state index contributed by atoms with van der Waals surface area (Å²) in [5, 5.41) is 0. The zero-order valence-electron chi connectivity index (χ0n) is 21.2. The van der Waals surface area contributed by atoms with E-state index in [1.807, 2.05) is 0 Å². The lowest BCUT2D eigenvalue weighted by molar-refractivity contribution is -0.325. The zero-order chi connectivity index (χ0) is 23.6. The van der Waals surface area contributed by atoms with Gasteiger partial charge in [0.05, 0.1) is 19.8 Å². The van der Waals surface area contributed by atoms with Crippen LogP contribution in [-0.2, 0) is 33.3 Å². The molecule has 0 N–H and O–H groups in total. The van der Waals surface area contributed by atoms with Gasteiger partial charge in [-0.1, -0.05) is 117 Å². The molecule has 0 aliphatic rings. The predicted molar refractivity (Wildman–Crippen MR) is 129 cm³/mol. The molecule has 0 spiro atoms. The van der Waals surface area contributed by atoms with Gasteiger partial charge in [0, 0.05) is 0 Å². The molecule has 0 aromatic carbocycles.